The molecule has 0 saturated carbocycles. The zero-order valence-corrected chi connectivity index (χ0v) is 19.6. The van der Waals surface area contributed by atoms with E-state index in [0.717, 1.165) is 16.6 Å². The normalized spacial score (nSPS) is 18.2. The summed E-state index contributed by atoms with van der Waals surface area (Å²) >= 11 is 0. The highest BCUT2D eigenvalue weighted by Crippen LogP contribution is 2.33. The second-order valence-corrected chi connectivity index (χ2v) is 10.5. The lowest BCUT2D eigenvalue weighted by Crippen LogP contribution is -2.40. The number of aromatic nitrogens is 2. The summed E-state index contributed by atoms with van der Waals surface area (Å²) in [5.74, 6) is 1.54. The number of nitrogens with one attached hydrogen (secondary N) is 2. The minimum atomic E-state index is -0.910. The number of rotatable bonds is 8. The number of carbonyl (C=O) groups is 1. The van der Waals surface area contributed by atoms with Gasteiger partial charge < -0.3 is 25.8 Å². The van der Waals surface area contributed by atoms with Gasteiger partial charge in [-0.3, -0.25) is 9.00 Å². The molecule has 1 atom stereocenters. The number of nitrogen functional groups attached to an aromatic ring is 1. The second kappa shape index (κ2) is 9.41. The maximum absolute atomic E-state index is 12.3. The first kappa shape index (κ1) is 22.5. The van der Waals surface area contributed by atoms with E-state index < -0.39 is 10.8 Å². The standard InChI is InChI=1S/C22H31N7O2S/c1-29(9-3-4-10-29)15-17-7-5-6-16(12-17)13-28-14-18(30)25-19-20(23)26-22(27-21(19)28)24-8-11-32(2)31/h5-7,12H,3-4,8-11,13-15H2,1-2H3,(H3-,23,24,25,26,27,30)/p+1. The second-order valence-electron chi connectivity index (χ2n) is 8.99. The Kier molecular flexibility index (Phi) is 6.61. The molecule has 1 saturated heterocycles. The van der Waals surface area contributed by atoms with Crippen molar-refractivity contribution in [2.45, 2.75) is 25.9 Å². The van der Waals surface area contributed by atoms with Crippen LogP contribution in [0.25, 0.3) is 0 Å². The molecule has 0 spiro atoms. The van der Waals surface area contributed by atoms with Gasteiger partial charge in [0.2, 0.25) is 11.9 Å². The fourth-order valence-electron chi connectivity index (χ4n) is 4.50. The van der Waals surface area contributed by atoms with E-state index in [1.165, 1.54) is 31.5 Å². The molecule has 0 aliphatic carbocycles. The summed E-state index contributed by atoms with van der Waals surface area (Å²) < 4.78 is 12.4. The average Bonchev–Trinajstić information content (AvgIpc) is 3.15. The highest BCUT2D eigenvalue weighted by atomic mass is 32.2. The van der Waals surface area contributed by atoms with Crippen LogP contribution in [0.3, 0.4) is 0 Å². The van der Waals surface area contributed by atoms with E-state index in [-0.39, 0.29) is 18.3 Å². The third kappa shape index (κ3) is 5.36. The minimum absolute atomic E-state index is 0.138. The van der Waals surface area contributed by atoms with Crippen LogP contribution >= 0.6 is 0 Å². The van der Waals surface area contributed by atoms with Gasteiger partial charge in [0, 0.05) is 54.3 Å². The van der Waals surface area contributed by atoms with Crippen molar-refractivity contribution in [3.8, 4) is 0 Å². The van der Waals surface area contributed by atoms with E-state index >= 15 is 0 Å². The van der Waals surface area contributed by atoms with Gasteiger partial charge in [0.1, 0.15) is 12.2 Å². The number of carbonyl (C=O) groups excluding carboxylic acids is 1. The number of hydrogen-bond acceptors (Lipinski definition) is 7. The highest BCUT2D eigenvalue weighted by molar-refractivity contribution is 7.84. The van der Waals surface area contributed by atoms with Gasteiger partial charge in [-0.05, 0) is 11.6 Å². The van der Waals surface area contributed by atoms with E-state index in [2.05, 4.69) is 51.9 Å². The number of nitrogens with two attached hydrogens (primary N) is 1. The molecule has 2 aliphatic rings. The topological polar surface area (TPSA) is 113 Å². The van der Waals surface area contributed by atoms with Crippen molar-refractivity contribution in [2.75, 3.05) is 66.5 Å². The van der Waals surface area contributed by atoms with Crippen molar-refractivity contribution in [1.29, 1.82) is 0 Å². The summed E-state index contributed by atoms with van der Waals surface area (Å²) in [6.45, 7) is 4.69. The number of quaternary nitrogens is 1. The van der Waals surface area contributed by atoms with E-state index in [0.29, 0.717) is 36.3 Å². The van der Waals surface area contributed by atoms with Gasteiger partial charge in [0.05, 0.1) is 26.7 Å². The molecule has 0 radical (unpaired) electrons. The van der Waals surface area contributed by atoms with Crippen LogP contribution in [0.1, 0.15) is 24.0 Å². The maximum atomic E-state index is 12.3. The van der Waals surface area contributed by atoms with Crippen LogP contribution in [0.5, 0.6) is 0 Å². The Balaban J connectivity index is 1.54. The maximum Gasteiger partial charge on any atom is 0.244 e. The number of nitrogens with zero attached hydrogens (tertiary/aromatic N) is 4. The largest absolute Gasteiger partial charge is 0.382 e. The first-order valence-corrected chi connectivity index (χ1v) is 12.7. The Morgan fingerprint density at radius 3 is 2.75 bits per heavy atom. The van der Waals surface area contributed by atoms with E-state index in [1.807, 2.05) is 4.90 Å². The number of benzene rings is 1. The van der Waals surface area contributed by atoms with Crippen molar-refractivity contribution in [1.82, 2.24) is 9.97 Å². The molecule has 2 aromatic rings. The van der Waals surface area contributed by atoms with E-state index in [1.54, 1.807) is 6.26 Å². The summed E-state index contributed by atoms with van der Waals surface area (Å²) in [5, 5.41) is 5.88. The third-order valence-electron chi connectivity index (χ3n) is 6.06. The SMILES string of the molecule is CS(=O)CCNc1nc(N)c2c(n1)N(Cc1cccc(C[N+]3(C)CCCC3)c1)CC(=O)N2. The minimum Gasteiger partial charge on any atom is -0.382 e. The van der Waals surface area contributed by atoms with Crippen LogP contribution in [-0.4, -0.2) is 69.8 Å². The molecule has 172 valence electrons. The molecule has 1 fully saturated rings. The van der Waals surface area contributed by atoms with Crippen molar-refractivity contribution in [2.24, 2.45) is 0 Å². The van der Waals surface area contributed by atoms with Crippen molar-refractivity contribution >= 4 is 40.0 Å². The molecule has 1 amide bonds. The van der Waals surface area contributed by atoms with Gasteiger partial charge >= 0.3 is 0 Å². The number of hydrogen-bond donors (Lipinski definition) is 3. The van der Waals surface area contributed by atoms with Crippen LogP contribution < -0.4 is 21.3 Å². The number of likely N-dealkylation sites (tertiary alicyclic amines) is 1. The van der Waals surface area contributed by atoms with E-state index in [9.17, 15) is 9.00 Å². The zero-order chi connectivity index (χ0) is 22.7. The van der Waals surface area contributed by atoms with Gasteiger partial charge in [-0.2, -0.15) is 9.97 Å². The van der Waals surface area contributed by atoms with Gasteiger partial charge in [-0.1, -0.05) is 18.2 Å². The molecule has 1 unspecified atom stereocenters. The van der Waals surface area contributed by atoms with Crippen LogP contribution in [0, 0.1) is 0 Å². The fraction of sp³-hybridized carbons (Fsp3) is 0.500. The van der Waals surface area contributed by atoms with E-state index in [4.69, 9.17) is 5.73 Å². The molecule has 0 bridgehead atoms. The molecule has 2 aliphatic heterocycles. The molecule has 4 N–H and O–H groups in total. The predicted molar refractivity (Wildman–Crippen MR) is 129 cm³/mol. The lowest BCUT2D eigenvalue weighted by molar-refractivity contribution is -0.910. The smallest absolute Gasteiger partial charge is 0.244 e. The summed E-state index contributed by atoms with van der Waals surface area (Å²) in [6, 6.07) is 8.58. The average molecular weight is 459 g/mol. The molecule has 9 nitrogen and oxygen atoms in total. The van der Waals surface area contributed by atoms with Crippen LogP contribution in [0.2, 0.25) is 0 Å². The fourth-order valence-corrected chi connectivity index (χ4v) is 4.89. The quantitative estimate of drug-likeness (QED) is 0.514. The van der Waals surface area contributed by atoms with Crippen LogP contribution in [-0.2, 0) is 28.7 Å². The lowest BCUT2D eigenvalue weighted by atomic mass is 10.1. The first-order chi connectivity index (χ1) is 15.3. The molecule has 10 heteroatoms. The van der Waals surface area contributed by atoms with Crippen LogP contribution in [0.4, 0.5) is 23.3 Å². The molecular weight excluding hydrogens is 426 g/mol. The summed E-state index contributed by atoms with van der Waals surface area (Å²) in [6.07, 6.45) is 4.24. The Morgan fingerprint density at radius 2 is 2.00 bits per heavy atom. The Bertz CT molecular complexity index is 1020. The Hall–Kier alpha value is -2.72. The molecule has 1 aromatic carbocycles. The highest BCUT2D eigenvalue weighted by Gasteiger charge is 2.29. The summed E-state index contributed by atoms with van der Waals surface area (Å²) in [7, 11) is 1.42. The molecule has 1 aromatic heterocycles. The van der Waals surface area contributed by atoms with Crippen LogP contribution in [0.15, 0.2) is 24.3 Å². The van der Waals surface area contributed by atoms with Gasteiger partial charge in [-0.25, -0.2) is 0 Å². The van der Waals surface area contributed by atoms with Crippen molar-refractivity contribution in [3.05, 3.63) is 35.4 Å². The van der Waals surface area contributed by atoms with Gasteiger partial charge in [0.25, 0.3) is 0 Å². The number of anilines is 4. The molecule has 4 rings (SSSR count). The van der Waals surface area contributed by atoms with Crippen molar-refractivity contribution < 1.29 is 13.5 Å². The summed E-state index contributed by atoms with van der Waals surface area (Å²) in [4.78, 5) is 23.1. The summed E-state index contributed by atoms with van der Waals surface area (Å²) in [5.41, 5.74) is 9.01. The molecule has 3 heterocycles. The predicted octanol–water partition coefficient (Wildman–Crippen LogP) is 1.55. The first-order valence-electron chi connectivity index (χ1n) is 11.0. The van der Waals surface area contributed by atoms with Gasteiger partial charge in [-0.15, -0.1) is 0 Å². The zero-order valence-electron chi connectivity index (χ0n) is 18.8. The van der Waals surface area contributed by atoms with Crippen molar-refractivity contribution in [3.63, 3.8) is 0 Å². The van der Waals surface area contributed by atoms with Gasteiger partial charge in [0.15, 0.2) is 11.6 Å². The molecular formula is C22H32N7O2S+. The monoisotopic (exact) mass is 458 g/mol. The lowest BCUT2D eigenvalue weighted by Gasteiger charge is -2.31. The number of amides is 1. The Morgan fingerprint density at radius 1 is 1.25 bits per heavy atom. The Labute approximate surface area is 191 Å². The number of fused-ring (bicyclic) bond motifs is 1. The third-order valence-corrected chi connectivity index (χ3v) is 6.84. The molecule has 32 heavy (non-hydrogen) atoms.